The maximum Gasteiger partial charge on any atom is 0.332 e. The van der Waals surface area contributed by atoms with Crippen LogP contribution in [0.1, 0.15) is 41.0 Å². The molecule has 0 saturated carbocycles. The van der Waals surface area contributed by atoms with Gasteiger partial charge in [-0.05, 0) is 25.5 Å². The highest BCUT2D eigenvalue weighted by Crippen LogP contribution is 2.22. The van der Waals surface area contributed by atoms with Gasteiger partial charge < -0.3 is 10.1 Å². The van der Waals surface area contributed by atoms with E-state index < -0.39 is 5.97 Å². The first-order valence-corrected chi connectivity index (χ1v) is 7.64. The standard InChI is InChI=1S/C17H20N2O4/c1-3-9-23-15(20)10-12(18-4-2)11-19-16(21)13-7-5-6-8-14(13)17(19)22/h5-8,10,18H,3-4,9,11H2,1-2H3. The van der Waals surface area contributed by atoms with E-state index in [0.717, 1.165) is 11.3 Å². The summed E-state index contributed by atoms with van der Waals surface area (Å²) < 4.78 is 5.00. The Labute approximate surface area is 135 Å². The van der Waals surface area contributed by atoms with Crippen LogP contribution in [0.5, 0.6) is 0 Å². The Morgan fingerprint density at radius 2 is 1.78 bits per heavy atom. The van der Waals surface area contributed by atoms with E-state index in [1.165, 1.54) is 6.08 Å². The number of fused-ring (bicyclic) bond motifs is 1. The molecule has 0 bridgehead atoms. The van der Waals surface area contributed by atoms with Crippen LogP contribution >= 0.6 is 0 Å². The molecule has 23 heavy (non-hydrogen) atoms. The first-order valence-electron chi connectivity index (χ1n) is 7.64. The number of imide groups is 1. The van der Waals surface area contributed by atoms with Gasteiger partial charge in [-0.1, -0.05) is 19.1 Å². The third kappa shape index (κ3) is 3.77. The van der Waals surface area contributed by atoms with Crippen LogP contribution in [-0.4, -0.2) is 42.4 Å². The molecule has 0 aliphatic carbocycles. The van der Waals surface area contributed by atoms with Gasteiger partial charge in [-0.3, -0.25) is 14.5 Å². The summed E-state index contributed by atoms with van der Waals surface area (Å²) in [5.41, 5.74) is 1.26. The maximum atomic E-state index is 12.3. The average molecular weight is 316 g/mol. The van der Waals surface area contributed by atoms with Crippen molar-refractivity contribution in [2.45, 2.75) is 20.3 Å². The summed E-state index contributed by atoms with van der Waals surface area (Å²) in [6, 6.07) is 6.69. The van der Waals surface area contributed by atoms with Gasteiger partial charge in [0.25, 0.3) is 11.8 Å². The lowest BCUT2D eigenvalue weighted by atomic mass is 10.1. The molecule has 122 valence electrons. The molecule has 0 atom stereocenters. The number of carbonyl (C=O) groups is 3. The molecule has 0 saturated heterocycles. The van der Waals surface area contributed by atoms with Crippen molar-refractivity contribution in [1.29, 1.82) is 0 Å². The minimum Gasteiger partial charge on any atom is -0.462 e. The van der Waals surface area contributed by atoms with Gasteiger partial charge in [-0.15, -0.1) is 0 Å². The molecule has 0 aromatic heterocycles. The van der Waals surface area contributed by atoms with Gasteiger partial charge in [0.2, 0.25) is 0 Å². The zero-order valence-electron chi connectivity index (χ0n) is 13.3. The number of amides is 2. The molecular formula is C17H20N2O4. The lowest BCUT2D eigenvalue weighted by Gasteiger charge is -2.17. The number of benzene rings is 1. The lowest BCUT2D eigenvalue weighted by Crippen LogP contribution is -2.35. The second kappa shape index (κ2) is 7.58. The van der Waals surface area contributed by atoms with Crippen molar-refractivity contribution in [2.24, 2.45) is 0 Å². The van der Waals surface area contributed by atoms with Crippen molar-refractivity contribution < 1.29 is 19.1 Å². The molecule has 1 aromatic rings. The van der Waals surface area contributed by atoms with Crippen LogP contribution in [0, 0.1) is 0 Å². The van der Waals surface area contributed by atoms with Crippen molar-refractivity contribution in [3.8, 4) is 0 Å². The number of rotatable bonds is 7. The Bertz CT molecular complexity index is 617. The summed E-state index contributed by atoms with van der Waals surface area (Å²) in [6.07, 6.45) is 2.03. The van der Waals surface area contributed by atoms with Crippen LogP contribution in [0.3, 0.4) is 0 Å². The highest BCUT2D eigenvalue weighted by atomic mass is 16.5. The Kier molecular flexibility index (Phi) is 5.51. The van der Waals surface area contributed by atoms with Crippen LogP contribution in [-0.2, 0) is 9.53 Å². The first kappa shape index (κ1) is 16.7. The summed E-state index contributed by atoms with van der Waals surface area (Å²) >= 11 is 0. The summed E-state index contributed by atoms with van der Waals surface area (Å²) in [4.78, 5) is 37.5. The summed E-state index contributed by atoms with van der Waals surface area (Å²) in [6.45, 7) is 4.69. The molecule has 0 radical (unpaired) electrons. The molecular weight excluding hydrogens is 296 g/mol. The Morgan fingerprint density at radius 1 is 1.17 bits per heavy atom. The van der Waals surface area contributed by atoms with E-state index in [4.69, 9.17) is 4.74 Å². The predicted molar refractivity (Wildman–Crippen MR) is 84.8 cm³/mol. The van der Waals surface area contributed by atoms with Crippen LogP contribution in [0.2, 0.25) is 0 Å². The number of hydrogen-bond donors (Lipinski definition) is 1. The van der Waals surface area contributed by atoms with E-state index in [1.54, 1.807) is 24.3 Å². The van der Waals surface area contributed by atoms with E-state index >= 15 is 0 Å². The number of esters is 1. The predicted octanol–water partition coefficient (Wildman–Crippen LogP) is 1.73. The molecule has 6 nitrogen and oxygen atoms in total. The molecule has 1 aromatic carbocycles. The van der Waals surface area contributed by atoms with Crippen LogP contribution in [0.25, 0.3) is 0 Å². The van der Waals surface area contributed by atoms with Gasteiger partial charge in [-0.2, -0.15) is 0 Å². The van der Waals surface area contributed by atoms with E-state index in [1.807, 2.05) is 13.8 Å². The fraction of sp³-hybridized carbons (Fsp3) is 0.353. The van der Waals surface area contributed by atoms with Crippen LogP contribution in [0.4, 0.5) is 0 Å². The highest BCUT2D eigenvalue weighted by molar-refractivity contribution is 6.21. The molecule has 0 fully saturated rings. The Hall–Kier alpha value is -2.63. The van der Waals surface area contributed by atoms with Crippen LogP contribution in [0.15, 0.2) is 36.0 Å². The number of likely N-dealkylation sites (N-methyl/N-ethyl adjacent to an activating group) is 1. The molecule has 0 unspecified atom stereocenters. The molecule has 1 heterocycles. The summed E-state index contributed by atoms with van der Waals surface area (Å²) in [5, 5.41) is 3.00. The Morgan fingerprint density at radius 3 is 2.30 bits per heavy atom. The van der Waals surface area contributed by atoms with Gasteiger partial charge in [0.15, 0.2) is 0 Å². The van der Waals surface area contributed by atoms with Crippen LogP contribution < -0.4 is 5.32 Å². The molecule has 2 rings (SSSR count). The van der Waals surface area contributed by atoms with Gasteiger partial charge in [0.1, 0.15) is 0 Å². The smallest absolute Gasteiger partial charge is 0.332 e. The van der Waals surface area contributed by atoms with E-state index in [-0.39, 0.29) is 18.4 Å². The second-order valence-electron chi connectivity index (χ2n) is 5.11. The quantitative estimate of drug-likeness (QED) is 0.471. The van der Waals surface area contributed by atoms with E-state index in [9.17, 15) is 14.4 Å². The van der Waals surface area contributed by atoms with Crippen molar-refractivity contribution in [3.05, 3.63) is 47.2 Å². The largest absolute Gasteiger partial charge is 0.462 e. The number of nitrogens with zero attached hydrogens (tertiary/aromatic N) is 1. The maximum absolute atomic E-state index is 12.3. The van der Waals surface area contributed by atoms with Crippen molar-refractivity contribution in [3.63, 3.8) is 0 Å². The third-order valence-electron chi connectivity index (χ3n) is 3.35. The normalized spacial score (nSPS) is 14.0. The van der Waals surface area contributed by atoms with Crippen molar-refractivity contribution >= 4 is 17.8 Å². The Balaban J connectivity index is 2.15. The van der Waals surface area contributed by atoms with Gasteiger partial charge in [0, 0.05) is 18.3 Å². The molecule has 6 heteroatoms. The third-order valence-corrected chi connectivity index (χ3v) is 3.35. The van der Waals surface area contributed by atoms with E-state index in [0.29, 0.717) is 30.0 Å². The number of ether oxygens (including phenoxy) is 1. The highest BCUT2D eigenvalue weighted by Gasteiger charge is 2.35. The van der Waals surface area contributed by atoms with Gasteiger partial charge >= 0.3 is 5.97 Å². The topological polar surface area (TPSA) is 75.7 Å². The lowest BCUT2D eigenvalue weighted by molar-refractivity contribution is -0.137. The molecule has 1 aliphatic rings. The minimum atomic E-state index is -0.487. The summed E-state index contributed by atoms with van der Waals surface area (Å²) in [7, 11) is 0. The monoisotopic (exact) mass is 316 g/mol. The van der Waals surface area contributed by atoms with Gasteiger partial charge in [0.05, 0.1) is 24.3 Å². The first-order chi connectivity index (χ1) is 11.1. The zero-order valence-corrected chi connectivity index (χ0v) is 13.3. The minimum absolute atomic E-state index is 0.0153. The molecule has 1 N–H and O–H groups in total. The number of nitrogens with one attached hydrogen (secondary N) is 1. The SMILES string of the molecule is CCCOC(=O)C=C(CN1C(=O)c2ccccc2C1=O)NCC. The van der Waals surface area contributed by atoms with Crippen molar-refractivity contribution in [2.75, 3.05) is 19.7 Å². The van der Waals surface area contributed by atoms with Crippen molar-refractivity contribution in [1.82, 2.24) is 10.2 Å². The fourth-order valence-electron chi connectivity index (χ4n) is 2.32. The molecule has 1 aliphatic heterocycles. The van der Waals surface area contributed by atoms with Gasteiger partial charge in [-0.25, -0.2) is 4.79 Å². The second-order valence-corrected chi connectivity index (χ2v) is 5.11. The summed E-state index contributed by atoms with van der Waals surface area (Å²) in [5.74, 6) is -1.19. The fourth-order valence-corrected chi connectivity index (χ4v) is 2.32. The number of hydrogen-bond acceptors (Lipinski definition) is 5. The average Bonchev–Trinajstić information content (AvgIpc) is 2.78. The molecule has 0 spiro atoms. The van der Waals surface area contributed by atoms with E-state index in [2.05, 4.69) is 5.32 Å². The molecule has 2 amide bonds. The zero-order chi connectivity index (χ0) is 16.8. The number of carbonyl (C=O) groups excluding carboxylic acids is 3.